The molecule has 0 aromatic rings. The standard InChI is InChI=1S/C12H25NO/c1-3-11-7-5-6-8-12(11,9-10-14)13-4-2/h11,13-14H,3-10H2,1-2H3. The summed E-state index contributed by atoms with van der Waals surface area (Å²) in [4.78, 5) is 0. The van der Waals surface area contributed by atoms with Crippen molar-refractivity contribution in [2.45, 2.75) is 57.9 Å². The summed E-state index contributed by atoms with van der Waals surface area (Å²) >= 11 is 0. The molecule has 0 heterocycles. The molecular formula is C12H25NO. The number of aliphatic hydroxyl groups excluding tert-OH is 1. The van der Waals surface area contributed by atoms with Gasteiger partial charge in [0, 0.05) is 12.1 Å². The van der Waals surface area contributed by atoms with Crippen molar-refractivity contribution in [3.63, 3.8) is 0 Å². The van der Waals surface area contributed by atoms with Crippen LogP contribution in [0.15, 0.2) is 0 Å². The lowest BCUT2D eigenvalue weighted by molar-refractivity contribution is 0.101. The lowest BCUT2D eigenvalue weighted by atomic mass is 9.69. The van der Waals surface area contributed by atoms with Crippen LogP contribution in [-0.2, 0) is 0 Å². The Morgan fingerprint density at radius 1 is 1.36 bits per heavy atom. The Balaban J connectivity index is 2.68. The van der Waals surface area contributed by atoms with Crippen LogP contribution >= 0.6 is 0 Å². The van der Waals surface area contributed by atoms with Gasteiger partial charge in [0.05, 0.1) is 0 Å². The number of rotatable bonds is 5. The molecule has 1 fully saturated rings. The first-order valence-electron chi connectivity index (χ1n) is 6.15. The molecule has 14 heavy (non-hydrogen) atoms. The third kappa shape index (κ3) is 2.48. The SMILES string of the molecule is CCNC1(CCO)CCCCC1CC. The van der Waals surface area contributed by atoms with E-state index in [9.17, 15) is 5.11 Å². The number of hydrogen-bond acceptors (Lipinski definition) is 2. The second-order valence-corrected chi connectivity index (χ2v) is 4.51. The summed E-state index contributed by atoms with van der Waals surface area (Å²) in [7, 11) is 0. The molecule has 0 amide bonds. The monoisotopic (exact) mass is 199 g/mol. The average Bonchev–Trinajstić information content (AvgIpc) is 2.19. The van der Waals surface area contributed by atoms with Crippen molar-refractivity contribution >= 4 is 0 Å². The lowest BCUT2D eigenvalue weighted by Crippen LogP contribution is -2.53. The van der Waals surface area contributed by atoms with Gasteiger partial charge in [-0.05, 0) is 31.7 Å². The summed E-state index contributed by atoms with van der Waals surface area (Å²) in [5, 5.41) is 12.8. The zero-order chi connectivity index (χ0) is 10.4. The highest BCUT2D eigenvalue weighted by Gasteiger charge is 2.38. The molecule has 1 rings (SSSR count). The van der Waals surface area contributed by atoms with E-state index < -0.39 is 0 Å². The third-order valence-electron chi connectivity index (χ3n) is 3.79. The minimum Gasteiger partial charge on any atom is -0.396 e. The van der Waals surface area contributed by atoms with Crippen LogP contribution in [0.4, 0.5) is 0 Å². The molecule has 1 aliphatic carbocycles. The van der Waals surface area contributed by atoms with Gasteiger partial charge in [0.2, 0.25) is 0 Å². The smallest absolute Gasteiger partial charge is 0.0448 e. The molecule has 0 aromatic carbocycles. The van der Waals surface area contributed by atoms with Crippen molar-refractivity contribution in [3.05, 3.63) is 0 Å². The molecule has 0 saturated heterocycles. The first-order chi connectivity index (χ1) is 6.79. The first kappa shape index (κ1) is 12.0. The van der Waals surface area contributed by atoms with Crippen LogP contribution in [0.5, 0.6) is 0 Å². The van der Waals surface area contributed by atoms with E-state index >= 15 is 0 Å². The van der Waals surface area contributed by atoms with E-state index in [-0.39, 0.29) is 5.54 Å². The molecule has 0 bridgehead atoms. The fourth-order valence-electron chi connectivity index (χ4n) is 3.11. The largest absolute Gasteiger partial charge is 0.396 e. The van der Waals surface area contributed by atoms with Crippen LogP contribution in [-0.4, -0.2) is 23.8 Å². The Morgan fingerprint density at radius 2 is 2.14 bits per heavy atom. The molecule has 1 saturated carbocycles. The van der Waals surface area contributed by atoms with E-state index in [0.717, 1.165) is 18.9 Å². The van der Waals surface area contributed by atoms with Crippen LogP contribution in [0.3, 0.4) is 0 Å². The van der Waals surface area contributed by atoms with Crippen molar-refractivity contribution in [2.24, 2.45) is 5.92 Å². The van der Waals surface area contributed by atoms with Crippen molar-refractivity contribution in [3.8, 4) is 0 Å². The maximum Gasteiger partial charge on any atom is 0.0448 e. The molecule has 2 heteroatoms. The van der Waals surface area contributed by atoms with Crippen molar-refractivity contribution < 1.29 is 5.11 Å². The van der Waals surface area contributed by atoms with Gasteiger partial charge in [0.15, 0.2) is 0 Å². The highest BCUT2D eigenvalue weighted by Crippen LogP contribution is 2.38. The lowest BCUT2D eigenvalue weighted by Gasteiger charge is -2.44. The summed E-state index contributed by atoms with van der Waals surface area (Å²) in [6.45, 7) is 5.79. The summed E-state index contributed by atoms with van der Waals surface area (Å²) in [6.07, 6.45) is 7.45. The van der Waals surface area contributed by atoms with Crippen LogP contribution in [0, 0.1) is 5.92 Å². The molecule has 0 aliphatic heterocycles. The maximum atomic E-state index is 9.18. The van der Waals surface area contributed by atoms with E-state index in [4.69, 9.17) is 0 Å². The third-order valence-corrected chi connectivity index (χ3v) is 3.79. The Kier molecular flexibility index (Phi) is 4.90. The van der Waals surface area contributed by atoms with Gasteiger partial charge in [-0.2, -0.15) is 0 Å². The second-order valence-electron chi connectivity index (χ2n) is 4.51. The van der Waals surface area contributed by atoms with Gasteiger partial charge in [-0.25, -0.2) is 0 Å². The predicted octanol–water partition coefficient (Wildman–Crippen LogP) is 2.32. The van der Waals surface area contributed by atoms with E-state index in [2.05, 4.69) is 19.2 Å². The van der Waals surface area contributed by atoms with E-state index in [1.54, 1.807) is 0 Å². The van der Waals surface area contributed by atoms with Gasteiger partial charge in [0.1, 0.15) is 0 Å². The number of nitrogens with one attached hydrogen (secondary N) is 1. The highest BCUT2D eigenvalue weighted by atomic mass is 16.3. The van der Waals surface area contributed by atoms with Gasteiger partial charge in [-0.3, -0.25) is 0 Å². The molecule has 0 radical (unpaired) electrons. The fourth-order valence-corrected chi connectivity index (χ4v) is 3.11. The van der Waals surface area contributed by atoms with Crippen LogP contribution in [0.25, 0.3) is 0 Å². The van der Waals surface area contributed by atoms with Crippen molar-refractivity contribution in [1.29, 1.82) is 0 Å². The molecule has 2 atom stereocenters. The van der Waals surface area contributed by atoms with Gasteiger partial charge < -0.3 is 10.4 Å². The van der Waals surface area contributed by atoms with E-state index in [1.807, 2.05) is 0 Å². The molecule has 2 N–H and O–H groups in total. The van der Waals surface area contributed by atoms with Crippen LogP contribution in [0.2, 0.25) is 0 Å². The second kappa shape index (κ2) is 5.72. The molecule has 0 aromatic heterocycles. The minimum atomic E-state index is 0.247. The summed E-state index contributed by atoms with van der Waals surface area (Å²) in [6, 6.07) is 0. The molecule has 0 spiro atoms. The Hall–Kier alpha value is -0.0800. The van der Waals surface area contributed by atoms with Crippen LogP contribution < -0.4 is 5.32 Å². The summed E-state index contributed by atoms with van der Waals surface area (Å²) < 4.78 is 0. The van der Waals surface area contributed by atoms with Crippen LogP contribution in [0.1, 0.15) is 52.4 Å². The fraction of sp³-hybridized carbons (Fsp3) is 1.00. The van der Waals surface area contributed by atoms with E-state index in [0.29, 0.717) is 6.61 Å². The molecule has 1 aliphatic rings. The minimum absolute atomic E-state index is 0.247. The zero-order valence-corrected chi connectivity index (χ0v) is 9.68. The highest BCUT2D eigenvalue weighted by molar-refractivity contribution is 4.96. The van der Waals surface area contributed by atoms with Gasteiger partial charge in [-0.1, -0.05) is 33.1 Å². The average molecular weight is 199 g/mol. The summed E-state index contributed by atoms with van der Waals surface area (Å²) in [5.74, 6) is 0.767. The topological polar surface area (TPSA) is 32.3 Å². The van der Waals surface area contributed by atoms with Gasteiger partial charge in [0.25, 0.3) is 0 Å². The molecule has 84 valence electrons. The Labute approximate surface area is 88.1 Å². The molecular weight excluding hydrogens is 174 g/mol. The first-order valence-corrected chi connectivity index (χ1v) is 6.15. The molecule has 2 nitrogen and oxygen atoms in total. The van der Waals surface area contributed by atoms with Crippen molar-refractivity contribution in [1.82, 2.24) is 5.32 Å². The zero-order valence-electron chi connectivity index (χ0n) is 9.68. The summed E-state index contributed by atoms with van der Waals surface area (Å²) in [5.41, 5.74) is 0.247. The van der Waals surface area contributed by atoms with Gasteiger partial charge in [-0.15, -0.1) is 0 Å². The number of aliphatic hydroxyl groups is 1. The predicted molar refractivity (Wildman–Crippen MR) is 60.4 cm³/mol. The Morgan fingerprint density at radius 3 is 2.71 bits per heavy atom. The Bertz CT molecular complexity index is 147. The quantitative estimate of drug-likeness (QED) is 0.712. The maximum absolute atomic E-state index is 9.18. The normalized spacial score (nSPS) is 33.2. The number of hydrogen-bond donors (Lipinski definition) is 2. The van der Waals surface area contributed by atoms with Crippen molar-refractivity contribution in [2.75, 3.05) is 13.2 Å². The molecule has 2 unspecified atom stereocenters. The van der Waals surface area contributed by atoms with E-state index in [1.165, 1.54) is 32.1 Å². The van der Waals surface area contributed by atoms with Gasteiger partial charge >= 0.3 is 0 Å².